The third-order valence-corrected chi connectivity index (χ3v) is 6.06. The van der Waals surface area contributed by atoms with E-state index >= 15 is 0 Å². The van der Waals surface area contributed by atoms with Gasteiger partial charge in [0.15, 0.2) is 0 Å². The number of hydrogen-bond donors (Lipinski definition) is 2. The summed E-state index contributed by atoms with van der Waals surface area (Å²) >= 11 is 0. The van der Waals surface area contributed by atoms with E-state index in [-0.39, 0.29) is 24.9 Å². The zero-order valence-electron chi connectivity index (χ0n) is 20.0. The lowest BCUT2D eigenvalue weighted by Crippen LogP contribution is -2.36. The Morgan fingerprint density at radius 3 is 2.31 bits per heavy atom. The SMILES string of the molecule is COc1ccc(NC(=O)CN(C)CC(=O)Nc2c(C#N)c3c(n2-c2ccccc2)CCCC3)cc1. The zero-order valence-corrected chi connectivity index (χ0v) is 20.0. The van der Waals surface area contributed by atoms with E-state index in [1.807, 2.05) is 34.9 Å². The Labute approximate surface area is 205 Å². The Hall–Kier alpha value is -4.09. The maximum absolute atomic E-state index is 13.0. The van der Waals surface area contributed by atoms with E-state index in [4.69, 9.17) is 4.74 Å². The van der Waals surface area contributed by atoms with Gasteiger partial charge in [-0.15, -0.1) is 0 Å². The van der Waals surface area contributed by atoms with Gasteiger partial charge in [-0.1, -0.05) is 18.2 Å². The fourth-order valence-corrected chi connectivity index (χ4v) is 4.49. The molecule has 1 aliphatic rings. The first kappa shape index (κ1) is 24.0. The summed E-state index contributed by atoms with van der Waals surface area (Å²) in [6.45, 7) is 0.0479. The van der Waals surface area contributed by atoms with Crippen molar-refractivity contribution in [2.75, 3.05) is 37.9 Å². The van der Waals surface area contributed by atoms with Crippen molar-refractivity contribution in [3.8, 4) is 17.5 Å². The van der Waals surface area contributed by atoms with Gasteiger partial charge in [-0.05, 0) is 74.7 Å². The highest BCUT2D eigenvalue weighted by molar-refractivity contribution is 5.95. The van der Waals surface area contributed by atoms with Gasteiger partial charge in [0, 0.05) is 17.1 Å². The van der Waals surface area contributed by atoms with Crippen molar-refractivity contribution >= 4 is 23.3 Å². The maximum Gasteiger partial charge on any atom is 0.239 e. The number of fused-ring (bicyclic) bond motifs is 1. The molecular formula is C27H29N5O3. The number of para-hydroxylation sites is 1. The number of nitrogens with zero attached hydrogens (tertiary/aromatic N) is 3. The quantitative estimate of drug-likeness (QED) is 0.521. The first-order chi connectivity index (χ1) is 17.0. The summed E-state index contributed by atoms with van der Waals surface area (Å²) in [5.74, 6) is 0.696. The van der Waals surface area contributed by atoms with Gasteiger partial charge in [0.1, 0.15) is 17.6 Å². The zero-order chi connectivity index (χ0) is 24.8. The number of nitrogens with one attached hydrogen (secondary N) is 2. The van der Waals surface area contributed by atoms with Gasteiger partial charge in [0.25, 0.3) is 0 Å². The lowest BCUT2D eigenvalue weighted by atomic mass is 9.95. The summed E-state index contributed by atoms with van der Waals surface area (Å²) < 4.78 is 7.13. The van der Waals surface area contributed by atoms with Gasteiger partial charge in [-0.25, -0.2) is 0 Å². The van der Waals surface area contributed by atoms with Gasteiger partial charge in [0.2, 0.25) is 11.8 Å². The van der Waals surface area contributed by atoms with E-state index < -0.39 is 0 Å². The van der Waals surface area contributed by atoms with Gasteiger partial charge in [0.05, 0.1) is 25.8 Å². The number of nitriles is 1. The molecule has 2 amide bonds. The Morgan fingerprint density at radius 2 is 1.66 bits per heavy atom. The Morgan fingerprint density at radius 1 is 1.00 bits per heavy atom. The Bertz CT molecular complexity index is 1240. The van der Waals surface area contributed by atoms with Crippen molar-refractivity contribution in [2.24, 2.45) is 0 Å². The van der Waals surface area contributed by atoms with E-state index in [0.29, 0.717) is 22.8 Å². The molecule has 1 heterocycles. The number of rotatable bonds is 8. The van der Waals surface area contributed by atoms with Crippen molar-refractivity contribution in [3.05, 3.63) is 71.4 Å². The first-order valence-electron chi connectivity index (χ1n) is 11.6. The van der Waals surface area contributed by atoms with Crippen LogP contribution in [0, 0.1) is 11.3 Å². The number of methoxy groups -OCH3 is 1. The molecule has 2 N–H and O–H groups in total. The number of amides is 2. The average molecular weight is 472 g/mol. The van der Waals surface area contributed by atoms with Gasteiger partial charge >= 0.3 is 0 Å². The molecule has 0 saturated carbocycles. The molecule has 0 fully saturated rings. The average Bonchev–Trinajstić information content (AvgIpc) is 3.17. The summed E-state index contributed by atoms with van der Waals surface area (Å²) in [6.07, 6.45) is 3.76. The van der Waals surface area contributed by atoms with E-state index in [1.54, 1.807) is 43.3 Å². The number of carbonyl (C=O) groups excluding carboxylic acids is 2. The smallest absolute Gasteiger partial charge is 0.239 e. The third-order valence-electron chi connectivity index (χ3n) is 6.06. The van der Waals surface area contributed by atoms with Crippen LogP contribution < -0.4 is 15.4 Å². The largest absolute Gasteiger partial charge is 0.497 e. The second-order valence-corrected chi connectivity index (χ2v) is 8.64. The second kappa shape index (κ2) is 10.9. The summed E-state index contributed by atoms with van der Waals surface area (Å²) in [7, 11) is 3.29. The summed E-state index contributed by atoms with van der Waals surface area (Å²) in [5.41, 5.74) is 4.19. The summed E-state index contributed by atoms with van der Waals surface area (Å²) in [4.78, 5) is 27.0. The van der Waals surface area contributed by atoms with Crippen LogP contribution in [0.15, 0.2) is 54.6 Å². The molecule has 0 unspecified atom stereocenters. The molecule has 0 aliphatic heterocycles. The number of benzene rings is 2. The number of carbonyl (C=O) groups is 2. The lowest BCUT2D eigenvalue weighted by molar-refractivity contribution is -0.119. The highest BCUT2D eigenvalue weighted by atomic mass is 16.5. The number of hydrogen-bond acceptors (Lipinski definition) is 5. The van der Waals surface area contributed by atoms with Crippen LogP contribution in [-0.4, -0.2) is 48.5 Å². The number of likely N-dealkylation sites (N-methyl/N-ethyl adjacent to an activating group) is 1. The van der Waals surface area contributed by atoms with E-state index in [2.05, 4.69) is 16.7 Å². The van der Waals surface area contributed by atoms with Crippen molar-refractivity contribution in [1.82, 2.24) is 9.47 Å². The van der Waals surface area contributed by atoms with Crippen molar-refractivity contribution in [3.63, 3.8) is 0 Å². The minimum atomic E-state index is -0.284. The molecule has 0 saturated heterocycles. The topological polar surface area (TPSA) is 99.4 Å². The molecule has 0 atom stereocenters. The fraction of sp³-hybridized carbons (Fsp3) is 0.296. The van der Waals surface area contributed by atoms with Crippen LogP contribution >= 0.6 is 0 Å². The molecule has 180 valence electrons. The summed E-state index contributed by atoms with van der Waals surface area (Å²) in [6, 6.07) is 19.1. The molecule has 3 aromatic rings. The molecule has 8 heteroatoms. The molecule has 1 aliphatic carbocycles. The molecule has 0 spiro atoms. The number of anilines is 2. The molecule has 0 bridgehead atoms. The highest BCUT2D eigenvalue weighted by Crippen LogP contribution is 2.35. The minimum absolute atomic E-state index is 0.00549. The Kier molecular flexibility index (Phi) is 7.48. The van der Waals surface area contributed by atoms with Gasteiger partial charge in [-0.2, -0.15) is 5.26 Å². The van der Waals surface area contributed by atoms with Crippen LogP contribution in [0.4, 0.5) is 11.5 Å². The molecule has 35 heavy (non-hydrogen) atoms. The van der Waals surface area contributed by atoms with Crippen LogP contribution in [0.5, 0.6) is 5.75 Å². The molecule has 0 radical (unpaired) electrons. The standard InChI is InChI=1S/C27H29N5O3/c1-31(17-25(33)29-19-12-14-21(35-2)15-13-19)18-26(34)30-27-23(16-28)22-10-6-7-11-24(22)32(27)20-8-4-3-5-9-20/h3-5,8-9,12-15H,6-7,10-11,17-18H2,1-2H3,(H,29,33)(H,30,34). The van der Waals surface area contributed by atoms with Crippen LogP contribution in [0.25, 0.3) is 5.69 Å². The fourth-order valence-electron chi connectivity index (χ4n) is 4.49. The van der Waals surface area contributed by atoms with Crippen LogP contribution in [0.3, 0.4) is 0 Å². The number of ether oxygens (including phenoxy) is 1. The van der Waals surface area contributed by atoms with Crippen LogP contribution in [0.1, 0.15) is 29.7 Å². The molecule has 8 nitrogen and oxygen atoms in total. The van der Waals surface area contributed by atoms with Crippen molar-refractivity contribution < 1.29 is 14.3 Å². The molecular weight excluding hydrogens is 442 g/mol. The predicted molar refractivity (Wildman–Crippen MR) is 135 cm³/mol. The van der Waals surface area contributed by atoms with E-state index in [1.165, 1.54) is 0 Å². The molecule has 2 aromatic carbocycles. The highest BCUT2D eigenvalue weighted by Gasteiger charge is 2.27. The normalized spacial score (nSPS) is 12.5. The van der Waals surface area contributed by atoms with E-state index in [9.17, 15) is 14.9 Å². The van der Waals surface area contributed by atoms with E-state index in [0.717, 1.165) is 42.6 Å². The van der Waals surface area contributed by atoms with Crippen molar-refractivity contribution in [2.45, 2.75) is 25.7 Å². The minimum Gasteiger partial charge on any atom is -0.497 e. The van der Waals surface area contributed by atoms with Gasteiger partial charge < -0.3 is 15.4 Å². The third kappa shape index (κ3) is 5.53. The Balaban J connectivity index is 1.46. The van der Waals surface area contributed by atoms with Crippen LogP contribution in [-0.2, 0) is 22.4 Å². The first-order valence-corrected chi connectivity index (χ1v) is 11.6. The number of aromatic nitrogens is 1. The predicted octanol–water partition coefficient (Wildman–Crippen LogP) is 3.75. The van der Waals surface area contributed by atoms with Crippen LogP contribution in [0.2, 0.25) is 0 Å². The molecule has 4 rings (SSSR count). The monoisotopic (exact) mass is 471 g/mol. The molecule has 1 aromatic heterocycles. The second-order valence-electron chi connectivity index (χ2n) is 8.64. The summed E-state index contributed by atoms with van der Waals surface area (Å²) in [5, 5.41) is 15.7. The lowest BCUT2D eigenvalue weighted by Gasteiger charge is -2.19. The van der Waals surface area contributed by atoms with Crippen molar-refractivity contribution in [1.29, 1.82) is 5.26 Å². The van der Waals surface area contributed by atoms with Gasteiger partial charge in [-0.3, -0.25) is 19.1 Å². The maximum atomic E-state index is 13.0.